The summed E-state index contributed by atoms with van der Waals surface area (Å²) in [5.41, 5.74) is 6.26. The fourth-order valence-electron chi connectivity index (χ4n) is 2.70. The lowest BCUT2D eigenvalue weighted by atomic mass is 9.76. The van der Waals surface area contributed by atoms with Crippen LogP contribution in [0.2, 0.25) is 0 Å². The fourth-order valence-corrected chi connectivity index (χ4v) is 4.14. The van der Waals surface area contributed by atoms with E-state index in [1.807, 2.05) is 0 Å². The van der Waals surface area contributed by atoms with E-state index in [4.69, 9.17) is 5.73 Å². The first kappa shape index (κ1) is 15.3. The van der Waals surface area contributed by atoms with Crippen LogP contribution in [0.3, 0.4) is 0 Å². The normalized spacial score (nSPS) is 20.2. The SMILES string of the molecule is CN(C1CCC(C)(C)CC1)S(=O)(=O)c1ncccc1N. The van der Waals surface area contributed by atoms with Crippen LogP contribution < -0.4 is 5.73 Å². The Morgan fingerprint density at radius 2 is 1.95 bits per heavy atom. The molecule has 0 atom stereocenters. The zero-order valence-electron chi connectivity index (χ0n) is 12.3. The number of nitrogens with zero attached hydrogens (tertiary/aromatic N) is 2. The van der Waals surface area contributed by atoms with Gasteiger partial charge in [-0.1, -0.05) is 13.8 Å². The molecule has 5 nitrogen and oxygen atoms in total. The Balaban J connectivity index is 2.21. The van der Waals surface area contributed by atoms with Gasteiger partial charge in [0.25, 0.3) is 10.0 Å². The predicted octanol–water partition coefficient (Wildman–Crippen LogP) is 2.25. The largest absolute Gasteiger partial charge is 0.396 e. The van der Waals surface area contributed by atoms with E-state index in [1.165, 1.54) is 10.5 Å². The lowest BCUT2D eigenvalue weighted by Gasteiger charge is -2.37. The van der Waals surface area contributed by atoms with Crippen molar-refractivity contribution in [1.82, 2.24) is 9.29 Å². The van der Waals surface area contributed by atoms with Gasteiger partial charge in [-0.3, -0.25) is 0 Å². The van der Waals surface area contributed by atoms with Gasteiger partial charge in [0.2, 0.25) is 0 Å². The highest BCUT2D eigenvalue weighted by atomic mass is 32.2. The first-order valence-corrected chi connectivity index (χ1v) is 8.36. The highest BCUT2D eigenvalue weighted by Gasteiger charge is 2.35. The number of aromatic nitrogens is 1. The smallest absolute Gasteiger partial charge is 0.262 e. The van der Waals surface area contributed by atoms with Crippen molar-refractivity contribution in [2.45, 2.75) is 50.6 Å². The molecule has 1 fully saturated rings. The zero-order chi connectivity index (χ0) is 15.0. The molecule has 6 heteroatoms. The minimum absolute atomic E-state index is 0.0349. The summed E-state index contributed by atoms with van der Waals surface area (Å²) >= 11 is 0. The first-order chi connectivity index (χ1) is 9.24. The average molecular weight is 297 g/mol. The molecule has 20 heavy (non-hydrogen) atoms. The van der Waals surface area contributed by atoms with Crippen LogP contribution in [0.25, 0.3) is 0 Å². The Morgan fingerprint density at radius 1 is 1.35 bits per heavy atom. The van der Waals surface area contributed by atoms with Crippen LogP contribution in [0.1, 0.15) is 39.5 Å². The Hall–Kier alpha value is -1.14. The van der Waals surface area contributed by atoms with Gasteiger partial charge in [-0.25, -0.2) is 13.4 Å². The minimum Gasteiger partial charge on any atom is -0.396 e. The van der Waals surface area contributed by atoms with Crippen molar-refractivity contribution in [3.05, 3.63) is 18.3 Å². The molecule has 0 spiro atoms. The molecule has 0 unspecified atom stereocenters. The van der Waals surface area contributed by atoms with E-state index in [9.17, 15) is 8.42 Å². The van der Waals surface area contributed by atoms with Gasteiger partial charge in [-0.05, 0) is 43.2 Å². The summed E-state index contributed by atoms with van der Waals surface area (Å²) in [6, 6.07) is 3.24. The molecule has 0 saturated heterocycles. The summed E-state index contributed by atoms with van der Waals surface area (Å²) < 4.78 is 26.6. The molecular formula is C14H23N3O2S. The monoisotopic (exact) mass is 297 g/mol. The summed E-state index contributed by atoms with van der Waals surface area (Å²) in [7, 11) is -1.98. The fraction of sp³-hybridized carbons (Fsp3) is 0.643. The highest BCUT2D eigenvalue weighted by Crippen LogP contribution is 2.37. The third-order valence-electron chi connectivity index (χ3n) is 4.25. The maximum absolute atomic E-state index is 12.6. The molecule has 0 aromatic carbocycles. The summed E-state index contributed by atoms with van der Waals surface area (Å²) in [4.78, 5) is 3.94. The molecule has 112 valence electrons. The molecule has 0 aliphatic heterocycles. The van der Waals surface area contributed by atoms with Crippen LogP contribution in [0.5, 0.6) is 0 Å². The molecule has 0 amide bonds. The molecule has 1 aliphatic carbocycles. The number of sulfonamides is 1. The van der Waals surface area contributed by atoms with E-state index in [0.29, 0.717) is 5.41 Å². The van der Waals surface area contributed by atoms with Crippen LogP contribution in [-0.2, 0) is 10.0 Å². The van der Waals surface area contributed by atoms with Gasteiger partial charge in [0, 0.05) is 19.3 Å². The third-order valence-corrected chi connectivity index (χ3v) is 6.13. The second-order valence-corrected chi connectivity index (χ2v) is 8.23. The molecule has 1 aromatic heterocycles. The van der Waals surface area contributed by atoms with Crippen molar-refractivity contribution in [1.29, 1.82) is 0 Å². The Labute approximate surface area is 121 Å². The molecule has 1 aliphatic rings. The lowest BCUT2D eigenvalue weighted by molar-refractivity contribution is 0.174. The van der Waals surface area contributed by atoms with Crippen LogP contribution in [-0.4, -0.2) is 30.8 Å². The van der Waals surface area contributed by atoms with Gasteiger partial charge in [0.1, 0.15) is 0 Å². The van der Waals surface area contributed by atoms with Gasteiger partial charge < -0.3 is 5.73 Å². The second kappa shape index (κ2) is 5.33. The molecule has 2 rings (SSSR count). The summed E-state index contributed by atoms with van der Waals surface area (Å²) in [5.74, 6) is 0. The van der Waals surface area contributed by atoms with Gasteiger partial charge in [-0.15, -0.1) is 0 Å². The molecule has 1 saturated carbocycles. The number of anilines is 1. The van der Waals surface area contributed by atoms with Crippen LogP contribution in [0.4, 0.5) is 5.69 Å². The maximum Gasteiger partial charge on any atom is 0.262 e. The van der Waals surface area contributed by atoms with Gasteiger partial charge in [0.15, 0.2) is 5.03 Å². The second-order valence-electron chi connectivity index (χ2n) is 6.31. The van der Waals surface area contributed by atoms with Crippen molar-refractivity contribution in [2.24, 2.45) is 5.41 Å². The van der Waals surface area contributed by atoms with E-state index < -0.39 is 10.0 Å². The third kappa shape index (κ3) is 2.96. The van der Waals surface area contributed by atoms with Gasteiger partial charge in [0.05, 0.1) is 5.69 Å². The standard InChI is InChI=1S/C14H23N3O2S/c1-14(2)8-6-11(7-9-14)17(3)20(18,19)13-12(15)5-4-10-16-13/h4-5,10-11H,6-9,15H2,1-3H3. The Kier molecular flexibility index (Phi) is 4.07. The molecule has 1 aromatic rings. The Morgan fingerprint density at radius 3 is 2.50 bits per heavy atom. The van der Waals surface area contributed by atoms with Crippen LogP contribution >= 0.6 is 0 Å². The van der Waals surface area contributed by atoms with Crippen molar-refractivity contribution in [2.75, 3.05) is 12.8 Å². The molecule has 0 bridgehead atoms. The lowest BCUT2D eigenvalue weighted by Crippen LogP contribution is -2.41. The summed E-state index contributed by atoms with van der Waals surface area (Å²) in [6.07, 6.45) is 5.30. The van der Waals surface area contributed by atoms with Crippen molar-refractivity contribution >= 4 is 15.7 Å². The number of hydrogen-bond acceptors (Lipinski definition) is 4. The first-order valence-electron chi connectivity index (χ1n) is 6.92. The van der Waals surface area contributed by atoms with E-state index in [2.05, 4.69) is 18.8 Å². The van der Waals surface area contributed by atoms with E-state index in [1.54, 1.807) is 19.2 Å². The topological polar surface area (TPSA) is 76.3 Å². The minimum atomic E-state index is -3.61. The molecular weight excluding hydrogens is 274 g/mol. The summed E-state index contributed by atoms with van der Waals surface area (Å²) in [5, 5.41) is -0.0349. The van der Waals surface area contributed by atoms with Crippen molar-refractivity contribution < 1.29 is 8.42 Å². The van der Waals surface area contributed by atoms with E-state index >= 15 is 0 Å². The molecule has 2 N–H and O–H groups in total. The number of hydrogen-bond donors (Lipinski definition) is 1. The Bertz CT molecular complexity index is 574. The average Bonchev–Trinajstić information content (AvgIpc) is 2.38. The molecule has 1 heterocycles. The molecule has 0 radical (unpaired) electrons. The van der Waals surface area contributed by atoms with Crippen molar-refractivity contribution in [3.8, 4) is 0 Å². The summed E-state index contributed by atoms with van der Waals surface area (Å²) in [6.45, 7) is 4.46. The van der Waals surface area contributed by atoms with Gasteiger partial charge in [-0.2, -0.15) is 4.31 Å². The van der Waals surface area contributed by atoms with E-state index in [-0.39, 0.29) is 16.8 Å². The predicted molar refractivity (Wildman–Crippen MR) is 79.6 cm³/mol. The number of rotatable bonds is 3. The van der Waals surface area contributed by atoms with Gasteiger partial charge >= 0.3 is 0 Å². The highest BCUT2D eigenvalue weighted by molar-refractivity contribution is 7.89. The quantitative estimate of drug-likeness (QED) is 0.928. The van der Waals surface area contributed by atoms with Crippen molar-refractivity contribution in [3.63, 3.8) is 0 Å². The van der Waals surface area contributed by atoms with E-state index in [0.717, 1.165) is 25.7 Å². The zero-order valence-corrected chi connectivity index (χ0v) is 13.2. The maximum atomic E-state index is 12.6. The number of nitrogens with two attached hydrogens (primary N) is 1. The number of pyridine rings is 1. The van der Waals surface area contributed by atoms with Crippen LogP contribution in [0, 0.1) is 5.41 Å². The van der Waals surface area contributed by atoms with Crippen LogP contribution in [0.15, 0.2) is 23.4 Å². The number of nitrogen functional groups attached to an aromatic ring is 1.